The van der Waals surface area contributed by atoms with Gasteiger partial charge >= 0.3 is 0 Å². The van der Waals surface area contributed by atoms with Crippen molar-refractivity contribution >= 4 is 12.0 Å². The van der Waals surface area contributed by atoms with Crippen LogP contribution in [0.25, 0.3) is 11.1 Å². The lowest BCUT2D eigenvalue weighted by atomic mass is 10.0. The number of fused-ring (bicyclic) bond motifs is 1. The van der Waals surface area contributed by atoms with E-state index < -0.39 is 0 Å². The van der Waals surface area contributed by atoms with Crippen LogP contribution in [0.4, 0.5) is 5.82 Å². The molecule has 0 saturated carbocycles. The summed E-state index contributed by atoms with van der Waals surface area (Å²) in [6, 6.07) is 15.0. The minimum Gasteiger partial charge on any atom is -0.365 e. The Labute approximate surface area is 188 Å². The molecule has 0 fully saturated rings. The predicted molar refractivity (Wildman–Crippen MR) is 128 cm³/mol. The van der Waals surface area contributed by atoms with E-state index in [4.69, 9.17) is 4.99 Å². The molecule has 160 valence electrons. The predicted octanol–water partition coefficient (Wildman–Crippen LogP) is 5.00. The van der Waals surface area contributed by atoms with Crippen LogP contribution in [-0.2, 0) is 19.4 Å². The molecule has 1 aliphatic rings. The first-order chi connectivity index (χ1) is 15.7. The highest BCUT2D eigenvalue weighted by Crippen LogP contribution is 2.27. The highest BCUT2D eigenvalue weighted by molar-refractivity contribution is 5.89. The zero-order chi connectivity index (χ0) is 21.9. The van der Waals surface area contributed by atoms with Crippen LogP contribution < -0.4 is 5.32 Å². The average molecular weight is 423 g/mol. The Kier molecular flexibility index (Phi) is 5.50. The van der Waals surface area contributed by atoms with E-state index in [1.54, 1.807) is 0 Å². The van der Waals surface area contributed by atoms with Gasteiger partial charge in [0, 0.05) is 49.0 Å². The zero-order valence-electron chi connectivity index (χ0n) is 18.4. The number of aliphatic imine (C=N–C) groups is 1. The summed E-state index contributed by atoms with van der Waals surface area (Å²) >= 11 is 0. The van der Waals surface area contributed by atoms with Crippen LogP contribution in [-0.4, -0.2) is 25.7 Å². The van der Waals surface area contributed by atoms with Crippen LogP contribution in [0, 0.1) is 6.92 Å². The smallest absolute Gasteiger partial charge is 0.135 e. The van der Waals surface area contributed by atoms with Gasteiger partial charge in [-0.1, -0.05) is 31.2 Å². The summed E-state index contributed by atoms with van der Waals surface area (Å²) in [5.41, 5.74) is 8.04. The van der Waals surface area contributed by atoms with Crippen molar-refractivity contribution in [1.82, 2.24) is 19.5 Å². The van der Waals surface area contributed by atoms with Crippen LogP contribution in [0.1, 0.15) is 41.2 Å². The van der Waals surface area contributed by atoms with Crippen molar-refractivity contribution in [3.8, 4) is 11.1 Å². The molecule has 6 heteroatoms. The number of nitrogens with one attached hydrogen (secondary N) is 1. The molecule has 32 heavy (non-hydrogen) atoms. The number of aryl methyl sites for hydroxylation is 2. The molecule has 5 rings (SSSR count). The number of imidazole rings is 1. The van der Waals surface area contributed by atoms with Gasteiger partial charge in [-0.05, 0) is 53.8 Å². The summed E-state index contributed by atoms with van der Waals surface area (Å²) in [5, 5.41) is 3.49. The van der Waals surface area contributed by atoms with Crippen LogP contribution in [0.5, 0.6) is 0 Å². The van der Waals surface area contributed by atoms with Crippen molar-refractivity contribution in [2.45, 2.75) is 39.4 Å². The Morgan fingerprint density at radius 3 is 2.62 bits per heavy atom. The Morgan fingerprint density at radius 2 is 1.84 bits per heavy atom. The first-order valence-electron chi connectivity index (χ1n) is 11.0. The summed E-state index contributed by atoms with van der Waals surface area (Å²) in [7, 11) is 0. The molecule has 0 bridgehead atoms. The molecule has 0 saturated heterocycles. The van der Waals surface area contributed by atoms with Crippen molar-refractivity contribution in [1.29, 1.82) is 0 Å². The average Bonchev–Trinajstić information content (AvgIpc) is 3.29. The van der Waals surface area contributed by atoms with E-state index in [1.807, 2.05) is 38.1 Å². The summed E-state index contributed by atoms with van der Waals surface area (Å²) < 4.78 is 2.07. The van der Waals surface area contributed by atoms with E-state index in [9.17, 15) is 0 Å². The molecule has 3 aromatic heterocycles. The number of anilines is 1. The molecular formula is C26H26N6. The topological polar surface area (TPSA) is 68.0 Å². The van der Waals surface area contributed by atoms with Gasteiger partial charge in [0.05, 0.1) is 12.0 Å². The second kappa shape index (κ2) is 8.75. The van der Waals surface area contributed by atoms with Crippen molar-refractivity contribution in [2.24, 2.45) is 4.99 Å². The van der Waals surface area contributed by atoms with Gasteiger partial charge < -0.3 is 9.88 Å². The number of benzene rings is 1. The fourth-order valence-electron chi connectivity index (χ4n) is 4.02. The molecule has 1 N–H and O–H groups in total. The summed E-state index contributed by atoms with van der Waals surface area (Å²) in [6.07, 6.45) is 11.4. The van der Waals surface area contributed by atoms with Crippen LogP contribution in [0.2, 0.25) is 0 Å². The van der Waals surface area contributed by atoms with E-state index >= 15 is 0 Å². The third-order valence-corrected chi connectivity index (χ3v) is 5.86. The summed E-state index contributed by atoms with van der Waals surface area (Å²) in [4.78, 5) is 18.0. The Bertz CT molecular complexity index is 1260. The van der Waals surface area contributed by atoms with Crippen molar-refractivity contribution in [3.05, 3.63) is 95.5 Å². The van der Waals surface area contributed by atoms with E-state index in [0.717, 1.165) is 35.6 Å². The molecule has 0 amide bonds. The first-order valence-corrected chi connectivity index (χ1v) is 11.0. The van der Waals surface area contributed by atoms with E-state index in [0.29, 0.717) is 6.54 Å². The fourth-order valence-corrected chi connectivity index (χ4v) is 4.02. The van der Waals surface area contributed by atoms with Crippen LogP contribution in [0.3, 0.4) is 0 Å². The molecule has 0 aliphatic carbocycles. The van der Waals surface area contributed by atoms with Gasteiger partial charge in [-0.25, -0.2) is 9.97 Å². The zero-order valence-corrected chi connectivity index (χ0v) is 18.4. The molecule has 0 radical (unpaired) electrons. The third kappa shape index (κ3) is 4.17. The van der Waals surface area contributed by atoms with Crippen molar-refractivity contribution in [3.63, 3.8) is 0 Å². The van der Waals surface area contributed by atoms with Gasteiger partial charge in [0.25, 0.3) is 0 Å². The number of hydrogen-bond acceptors (Lipinski definition) is 5. The molecular weight excluding hydrogens is 396 g/mol. The Morgan fingerprint density at radius 1 is 1.00 bits per heavy atom. The van der Waals surface area contributed by atoms with Gasteiger partial charge in [0.2, 0.25) is 0 Å². The van der Waals surface area contributed by atoms with Crippen LogP contribution >= 0.6 is 0 Å². The quantitative estimate of drug-likeness (QED) is 0.475. The number of aromatic nitrogens is 4. The normalized spacial score (nSPS) is 14.9. The van der Waals surface area contributed by atoms with Gasteiger partial charge in [-0.3, -0.25) is 9.98 Å². The lowest BCUT2D eigenvalue weighted by Crippen LogP contribution is -2.16. The molecule has 1 atom stereocenters. The number of hydrogen-bond donors (Lipinski definition) is 1. The van der Waals surface area contributed by atoms with Gasteiger partial charge in [0.15, 0.2) is 0 Å². The lowest BCUT2D eigenvalue weighted by molar-refractivity contribution is 0.517. The highest BCUT2D eigenvalue weighted by atomic mass is 15.2. The third-order valence-electron chi connectivity index (χ3n) is 5.86. The van der Waals surface area contributed by atoms with E-state index in [2.05, 4.69) is 74.2 Å². The van der Waals surface area contributed by atoms with Gasteiger partial charge in [-0.2, -0.15) is 0 Å². The molecule has 6 nitrogen and oxygen atoms in total. The van der Waals surface area contributed by atoms with Gasteiger partial charge in [-0.15, -0.1) is 0 Å². The molecule has 0 spiro atoms. The van der Waals surface area contributed by atoms with Crippen molar-refractivity contribution < 1.29 is 0 Å². The summed E-state index contributed by atoms with van der Waals surface area (Å²) in [5.74, 6) is 0.873. The standard InChI is InChI=1S/C26H26N6/c1-3-23-12-21(8-10-27-23)20-6-4-19(5-7-20)14-30-26-24-15-29-25(13-22(24)9-11-28-26)32-16-18(2)31-17-32/h4-12,15-17,25H,3,13-14H2,1-2H3,(H,28,30). The van der Waals surface area contributed by atoms with Crippen molar-refractivity contribution in [2.75, 3.05) is 5.32 Å². The molecule has 1 unspecified atom stereocenters. The second-order valence-corrected chi connectivity index (χ2v) is 8.10. The monoisotopic (exact) mass is 422 g/mol. The summed E-state index contributed by atoms with van der Waals surface area (Å²) in [6.45, 7) is 4.83. The fraction of sp³-hybridized carbons (Fsp3) is 0.231. The maximum absolute atomic E-state index is 4.74. The number of nitrogens with zero attached hydrogens (tertiary/aromatic N) is 5. The van der Waals surface area contributed by atoms with E-state index in [-0.39, 0.29) is 6.17 Å². The van der Waals surface area contributed by atoms with E-state index in [1.165, 1.54) is 22.3 Å². The maximum Gasteiger partial charge on any atom is 0.135 e. The number of pyridine rings is 2. The van der Waals surface area contributed by atoms with Gasteiger partial charge in [0.1, 0.15) is 12.0 Å². The number of rotatable bonds is 6. The minimum atomic E-state index is 0.0490. The second-order valence-electron chi connectivity index (χ2n) is 8.10. The minimum absolute atomic E-state index is 0.0490. The Hall–Kier alpha value is -3.80. The van der Waals surface area contributed by atoms with Crippen LogP contribution in [0.15, 0.2) is 72.4 Å². The largest absolute Gasteiger partial charge is 0.365 e. The Balaban J connectivity index is 1.28. The maximum atomic E-state index is 4.74. The molecule has 4 aromatic rings. The lowest BCUT2D eigenvalue weighted by Gasteiger charge is -2.21. The highest BCUT2D eigenvalue weighted by Gasteiger charge is 2.19. The SMILES string of the molecule is CCc1cc(-c2ccc(CNc3nccc4c3C=NC(n3cnc(C)c3)C4)cc2)ccn1. The first kappa shape index (κ1) is 20.1. The molecule has 4 heterocycles. The molecule has 1 aliphatic heterocycles. The molecule has 1 aromatic carbocycles.